The lowest BCUT2D eigenvalue weighted by molar-refractivity contribution is -0.161. The third-order valence-corrected chi connectivity index (χ3v) is 7.68. The number of anilines is 1. The van der Waals surface area contributed by atoms with Crippen LogP contribution in [0.3, 0.4) is 0 Å². The van der Waals surface area contributed by atoms with Gasteiger partial charge in [-0.05, 0) is 13.8 Å². The molecule has 0 saturated carbocycles. The fraction of sp³-hybridized carbons (Fsp3) is 0.421. The van der Waals surface area contributed by atoms with Gasteiger partial charge in [0.25, 0.3) is 11.8 Å². The maximum atomic E-state index is 12.3. The van der Waals surface area contributed by atoms with Gasteiger partial charge in [-0.1, -0.05) is 39.7 Å². The van der Waals surface area contributed by atoms with E-state index in [2.05, 4.69) is 20.8 Å². The summed E-state index contributed by atoms with van der Waals surface area (Å²) in [4.78, 5) is 68.3. The minimum atomic E-state index is -1.33. The Hall–Kier alpha value is -2.88. The highest BCUT2D eigenvalue weighted by Gasteiger charge is 2.54. The number of hydrogen-bond acceptors (Lipinski definition) is 11. The molecule has 3 N–H and O–H groups in total. The zero-order chi connectivity index (χ0) is 26.6. The molecule has 0 aliphatic carbocycles. The number of carboxylic acids is 1. The lowest BCUT2D eigenvalue weighted by Gasteiger charge is -2.48. The van der Waals surface area contributed by atoms with Gasteiger partial charge in [-0.25, -0.2) is 14.6 Å². The van der Waals surface area contributed by atoms with Crippen LogP contribution in [0.2, 0.25) is 4.34 Å². The van der Waals surface area contributed by atoms with Gasteiger partial charge in [-0.2, -0.15) is 0 Å². The maximum Gasteiger partial charge on any atom is 0.353 e. The number of carbonyl (C=O) groups excluding carboxylic acids is 4. The topological polar surface area (TPSA) is 177 Å². The second-order valence-corrected chi connectivity index (χ2v) is 11.0. The number of thiazole rings is 1. The summed E-state index contributed by atoms with van der Waals surface area (Å²) >= 11 is 14.3. The van der Waals surface area contributed by atoms with E-state index in [1.54, 1.807) is 13.8 Å². The zero-order valence-electron chi connectivity index (χ0n) is 18.6. The Morgan fingerprint density at radius 3 is 2.75 bits per heavy atom. The number of carboxylic acid groups (broad SMARTS) is 1. The third kappa shape index (κ3) is 6.46. The van der Waals surface area contributed by atoms with Gasteiger partial charge in [-0.15, -0.1) is 11.8 Å². The lowest BCUT2D eigenvalue weighted by atomic mass is 10.0. The molecule has 1 aromatic rings. The molecule has 0 spiro atoms. The van der Waals surface area contributed by atoms with Crippen LogP contribution in [0, 0.1) is 0 Å². The van der Waals surface area contributed by atoms with Crippen molar-refractivity contribution in [2.75, 3.05) is 17.7 Å². The highest BCUT2D eigenvalue weighted by Crippen LogP contribution is 2.41. The quantitative estimate of drug-likeness (QED) is 0.113. The van der Waals surface area contributed by atoms with Crippen LogP contribution in [-0.2, 0) is 40.0 Å². The van der Waals surface area contributed by atoms with Gasteiger partial charge in [0.15, 0.2) is 5.13 Å². The molecule has 36 heavy (non-hydrogen) atoms. The zero-order valence-corrected chi connectivity index (χ0v) is 21.8. The molecule has 3 rings (SSSR count). The number of hydrogen-bond donors (Lipinski definition) is 3. The highest BCUT2D eigenvalue weighted by atomic mass is 35.5. The number of nitrogens with one attached hydrogen (secondary N) is 2. The molecule has 2 aliphatic heterocycles. The summed E-state index contributed by atoms with van der Waals surface area (Å²) in [7, 11) is 0. The number of thioether (sulfide) groups is 1. The van der Waals surface area contributed by atoms with Crippen molar-refractivity contribution in [3.63, 3.8) is 0 Å². The van der Waals surface area contributed by atoms with E-state index < -0.39 is 47.4 Å². The second-order valence-electron chi connectivity index (χ2n) is 7.87. The van der Waals surface area contributed by atoms with Crippen molar-refractivity contribution in [1.29, 1.82) is 0 Å². The number of ether oxygens (including phenoxy) is 1. The second kappa shape index (κ2) is 11.5. The summed E-state index contributed by atoms with van der Waals surface area (Å²) < 4.78 is 5.68. The molecule has 17 heteroatoms. The molecule has 1 saturated heterocycles. The first-order valence-corrected chi connectivity index (χ1v) is 12.7. The SMILES string of the molecule is CC(C)(Cc1nc(NC=O)sc1Cl)OC(=O)CO/N=C\C(=O)NC1C(=O)N2C(C(=O)O)=C(Cl)CS[C@H]12. The fourth-order valence-corrected chi connectivity index (χ4v) is 5.83. The first-order valence-electron chi connectivity index (χ1n) is 10.0. The molecule has 13 nitrogen and oxygen atoms in total. The maximum absolute atomic E-state index is 12.3. The minimum absolute atomic E-state index is 0.0428. The number of fused-ring (bicyclic) bond motifs is 1. The Morgan fingerprint density at radius 1 is 1.36 bits per heavy atom. The van der Waals surface area contributed by atoms with E-state index in [0.717, 1.165) is 22.5 Å². The number of β-lactam (4-membered cyclic amide) rings is 1. The van der Waals surface area contributed by atoms with Crippen molar-refractivity contribution in [2.45, 2.75) is 37.3 Å². The molecular weight excluding hydrogens is 561 g/mol. The van der Waals surface area contributed by atoms with Crippen molar-refractivity contribution >= 4 is 87.8 Å². The van der Waals surface area contributed by atoms with Crippen LogP contribution in [-0.4, -0.2) is 80.7 Å². The summed E-state index contributed by atoms with van der Waals surface area (Å²) in [5.74, 6) is -3.32. The van der Waals surface area contributed by atoms with Crippen molar-refractivity contribution < 1.29 is 38.7 Å². The number of rotatable bonds is 11. The molecule has 0 aromatic carbocycles. The average molecular weight is 580 g/mol. The van der Waals surface area contributed by atoms with Gasteiger partial charge in [0.05, 0.1) is 10.7 Å². The predicted octanol–water partition coefficient (Wildman–Crippen LogP) is 1.17. The van der Waals surface area contributed by atoms with Crippen LogP contribution < -0.4 is 10.6 Å². The van der Waals surface area contributed by atoms with E-state index in [1.165, 1.54) is 11.8 Å². The van der Waals surface area contributed by atoms with Crippen LogP contribution >= 0.6 is 46.3 Å². The number of carbonyl (C=O) groups is 5. The van der Waals surface area contributed by atoms with E-state index >= 15 is 0 Å². The minimum Gasteiger partial charge on any atom is -0.477 e. The molecule has 2 atom stereocenters. The van der Waals surface area contributed by atoms with E-state index in [-0.39, 0.29) is 22.9 Å². The normalized spacial score (nSPS) is 19.4. The number of oxime groups is 1. The van der Waals surface area contributed by atoms with Crippen LogP contribution in [0.5, 0.6) is 0 Å². The Morgan fingerprint density at radius 2 is 2.08 bits per heavy atom. The van der Waals surface area contributed by atoms with Crippen molar-refractivity contribution in [3.8, 4) is 0 Å². The van der Waals surface area contributed by atoms with Gasteiger partial charge in [0, 0.05) is 12.2 Å². The van der Waals surface area contributed by atoms with Crippen molar-refractivity contribution in [2.24, 2.45) is 5.16 Å². The lowest BCUT2D eigenvalue weighted by Crippen LogP contribution is -2.70. The van der Waals surface area contributed by atoms with Crippen molar-refractivity contribution in [3.05, 3.63) is 20.8 Å². The molecular formula is C19H19Cl2N5O8S2. The molecule has 0 bridgehead atoms. The van der Waals surface area contributed by atoms with Crippen LogP contribution in [0.1, 0.15) is 19.5 Å². The summed E-state index contributed by atoms with van der Waals surface area (Å²) in [6.07, 6.45) is 1.37. The molecule has 1 aromatic heterocycles. The van der Waals surface area contributed by atoms with Gasteiger partial charge >= 0.3 is 11.9 Å². The molecule has 1 unspecified atom stereocenters. The van der Waals surface area contributed by atoms with Crippen LogP contribution in [0.25, 0.3) is 0 Å². The molecule has 3 amide bonds. The standard InChI is InChI=1S/C19H19Cl2N5O8S2/c1-19(2,3-9-14(21)36-18(24-9)22-7-27)34-11(29)5-33-23-4-10(28)25-12-15(30)26-13(17(31)32)8(20)6-35-16(12)26/h4,7,12,16H,3,5-6H2,1-2H3,(H,25,28)(H,31,32)(H,22,24,27)/b23-4-/t12?,16-/m1/s1. The van der Waals surface area contributed by atoms with Gasteiger partial charge in [0.2, 0.25) is 13.0 Å². The Labute approximate surface area is 222 Å². The number of aliphatic carboxylic acids is 1. The number of nitrogens with zero attached hydrogens (tertiary/aromatic N) is 3. The monoisotopic (exact) mass is 579 g/mol. The number of halogens is 2. The Kier molecular flexibility index (Phi) is 8.81. The first-order chi connectivity index (χ1) is 16.9. The smallest absolute Gasteiger partial charge is 0.353 e. The molecule has 3 heterocycles. The number of amides is 3. The Bertz CT molecular complexity index is 1150. The summed E-state index contributed by atoms with van der Waals surface area (Å²) in [6, 6.07) is -0.960. The molecule has 1 fully saturated rings. The first kappa shape index (κ1) is 27.7. The van der Waals surface area contributed by atoms with Crippen LogP contribution in [0.4, 0.5) is 5.13 Å². The fourth-order valence-electron chi connectivity index (χ4n) is 3.28. The third-order valence-electron chi connectivity index (χ3n) is 4.66. The van der Waals surface area contributed by atoms with Gasteiger partial charge < -0.3 is 25.3 Å². The molecule has 2 aliphatic rings. The predicted molar refractivity (Wildman–Crippen MR) is 131 cm³/mol. The van der Waals surface area contributed by atoms with Crippen molar-refractivity contribution in [1.82, 2.24) is 15.2 Å². The number of aromatic nitrogens is 1. The summed E-state index contributed by atoms with van der Waals surface area (Å²) in [5, 5.41) is 17.2. The van der Waals surface area contributed by atoms with E-state index in [4.69, 9.17) is 32.8 Å². The Balaban J connectivity index is 1.43. The van der Waals surface area contributed by atoms with Gasteiger partial charge in [-0.3, -0.25) is 19.3 Å². The van der Waals surface area contributed by atoms with E-state index in [1.807, 2.05) is 0 Å². The summed E-state index contributed by atoms with van der Waals surface area (Å²) in [5.41, 5.74) is -0.879. The molecule has 194 valence electrons. The average Bonchev–Trinajstić information content (AvgIpc) is 3.12. The highest BCUT2D eigenvalue weighted by molar-refractivity contribution is 8.00. The largest absolute Gasteiger partial charge is 0.477 e. The molecule has 0 radical (unpaired) electrons. The van der Waals surface area contributed by atoms with Gasteiger partial charge in [0.1, 0.15) is 33.3 Å². The summed E-state index contributed by atoms with van der Waals surface area (Å²) in [6.45, 7) is 2.66. The van der Waals surface area contributed by atoms with Crippen LogP contribution in [0.15, 0.2) is 15.9 Å². The number of esters is 1. The van der Waals surface area contributed by atoms with E-state index in [0.29, 0.717) is 21.6 Å². The van der Waals surface area contributed by atoms with E-state index in [9.17, 15) is 29.1 Å².